The zero-order valence-electron chi connectivity index (χ0n) is 24.8. The van der Waals surface area contributed by atoms with Crippen molar-refractivity contribution in [3.63, 3.8) is 0 Å². The van der Waals surface area contributed by atoms with E-state index in [1.165, 1.54) is 12.5 Å². The molecule has 0 bridgehead atoms. The Kier molecular flexibility index (Phi) is 9.98. The maximum Gasteiger partial charge on any atom is 0.427 e. The zero-order chi connectivity index (χ0) is 29.1. The molecule has 0 spiro atoms. The van der Waals surface area contributed by atoms with Crippen LogP contribution in [0.1, 0.15) is 105 Å². The Morgan fingerprint density at radius 1 is 1.21 bits per heavy atom. The molecular formula is C30H46NO7P. The molecular weight excluding hydrogens is 517 g/mol. The summed E-state index contributed by atoms with van der Waals surface area (Å²) in [6.45, 7) is 14.9. The molecule has 4 atom stereocenters. The zero-order valence-corrected chi connectivity index (χ0v) is 25.7. The van der Waals surface area contributed by atoms with Gasteiger partial charge in [0.2, 0.25) is 0 Å². The van der Waals surface area contributed by atoms with Crippen molar-refractivity contribution in [1.29, 1.82) is 0 Å². The Morgan fingerprint density at radius 3 is 2.49 bits per heavy atom. The lowest BCUT2D eigenvalue weighted by atomic mass is 9.68. The third kappa shape index (κ3) is 6.54. The summed E-state index contributed by atoms with van der Waals surface area (Å²) < 4.78 is 34.0. The number of fused-ring (bicyclic) bond motifs is 3. The summed E-state index contributed by atoms with van der Waals surface area (Å²) in [5.41, 5.74) is 1.49. The average Bonchev–Trinajstić information content (AvgIpc) is 2.83. The van der Waals surface area contributed by atoms with Crippen LogP contribution in [0, 0.1) is 5.92 Å². The highest BCUT2D eigenvalue weighted by Crippen LogP contribution is 2.60. The van der Waals surface area contributed by atoms with Crippen LogP contribution < -0.4 is 9.26 Å². The Labute approximate surface area is 233 Å². The maximum absolute atomic E-state index is 14.7. The summed E-state index contributed by atoms with van der Waals surface area (Å²) in [6.07, 6.45) is 8.00. The number of carbonyl (C=O) groups is 2. The van der Waals surface area contributed by atoms with Crippen LogP contribution in [0.3, 0.4) is 0 Å². The van der Waals surface area contributed by atoms with Crippen molar-refractivity contribution >= 4 is 19.2 Å². The lowest BCUT2D eigenvalue weighted by Gasteiger charge is -2.47. The summed E-state index contributed by atoms with van der Waals surface area (Å²) in [5, 5.41) is 9.84. The Hall–Kier alpha value is -2.31. The van der Waals surface area contributed by atoms with E-state index in [2.05, 4.69) is 33.8 Å². The average molecular weight is 564 g/mol. The summed E-state index contributed by atoms with van der Waals surface area (Å²) in [7, 11) is -4.50. The highest BCUT2D eigenvalue weighted by atomic mass is 31.2. The van der Waals surface area contributed by atoms with Gasteiger partial charge in [0.25, 0.3) is 0 Å². The van der Waals surface area contributed by atoms with Gasteiger partial charge in [-0.2, -0.15) is 4.67 Å². The van der Waals surface area contributed by atoms with E-state index in [4.69, 9.17) is 14.0 Å². The van der Waals surface area contributed by atoms with Crippen LogP contribution in [-0.4, -0.2) is 45.7 Å². The van der Waals surface area contributed by atoms with Gasteiger partial charge in [0.1, 0.15) is 23.1 Å². The van der Waals surface area contributed by atoms with Crippen LogP contribution in [0.25, 0.3) is 0 Å². The minimum atomic E-state index is -4.50. The van der Waals surface area contributed by atoms with Gasteiger partial charge in [0.05, 0.1) is 6.61 Å². The van der Waals surface area contributed by atoms with Crippen LogP contribution in [-0.2, 0) is 20.5 Å². The van der Waals surface area contributed by atoms with Gasteiger partial charge in [0.15, 0.2) is 0 Å². The van der Waals surface area contributed by atoms with Crippen molar-refractivity contribution in [1.82, 2.24) is 4.67 Å². The van der Waals surface area contributed by atoms with Crippen molar-refractivity contribution in [2.24, 2.45) is 5.92 Å². The fraction of sp³-hybridized carbons (Fsp3) is 0.667. The topological polar surface area (TPSA) is 102 Å². The minimum Gasteiger partial charge on any atom is -0.487 e. The number of carbonyl (C=O) groups excluding carboxylic acids is 1. The first-order valence-electron chi connectivity index (χ1n) is 14.3. The van der Waals surface area contributed by atoms with Gasteiger partial charge in [-0.25, -0.2) is 9.36 Å². The molecule has 1 aliphatic carbocycles. The molecule has 0 fully saturated rings. The number of aliphatic carboxylic acids is 1. The largest absolute Gasteiger partial charge is 0.487 e. The van der Waals surface area contributed by atoms with E-state index in [1.807, 2.05) is 12.1 Å². The first-order valence-corrected chi connectivity index (χ1v) is 15.9. The lowest BCUT2D eigenvalue weighted by molar-refractivity contribution is -0.141. The van der Waals surface area contributed by atoms with Gasteiger partial charge < -0.3 is 19.1 Å². The number of aryl methyl sites for hydroxylation is 1. The van der Waals surface area contributed by atoms with Crippen molar-refractivity contribution < 1.29 is 33.3 Å². The van der Waals surface area contributed by atoms with Crippen molar-refractivity contribution in [3.8, 4) is 11.5 Å². The molecule has 8 nitrogen and oxygen atoms in total. The second kappa shape index (κ2) is 12.5. The van der Waals surface area contributed by atoms with Crippen LogP contribution in [0.5, 0.6) is 11.5 Å². The fourth-order valence-electron chi connectivity index (χ4n) is 5.97. The van der Waals surface area contributed by atoms with E-state index in [0.29, 0.717) is 11.5 Å². The number of hydrogen-bond acceptors (Lipinski definition) is 6. The fourth-order valence-corrected chi connectivity index (χ4v) is 8.20. The Bertz CT molecular complexity index is 1140. The highest BCUT2D eigenvalue weighted by Gasteiger charge is 2.51. The number of carboxylic acid groups (broad SMARTS) is 1. The molecule has 1 unspecified atom stereocenters. The molecule has 1 aliphatic heterocycles. The first-order chi connectivity index (χ1) is 18.3. The Morgan fingerprint density at radius 2 is 1.90 bits per heavy atom. The summed E-state index contributed by atoms with van der Waals surface area (Å²) in [6, 6.07) is 2.09. The number of carboxylic acids is 1. The molecule has 0 amide bonds. The van der Waals surface area contributed by atoms with E-state index >= 15 is 0 Å². The summed E-state index contributed by atoms with van der Waals surface area (Å²) >= 11 is 0. The van der Waals surface area contributed by atoms with Crippen LogP contribution in [0.4, 0.5) is 4.79 Å². The van der Waals surface area contributed by atoms with Crippen LogP contribution in [0.15, 0.2) is 23.8 Å². The van der Waals surface area contributed by atoms with E-state index in [0.717, 1.165) is 54.3 Å². The molecule has 2 aliphatic rings. The third-order valence-corrected chi connectivity index (χ3v) is 10.3. The van der Waals surface area contributed by atoms with E-state index in [9.17, 15) is 19.3 Å². The van der Waals surface area contributed by atoms with Crippen molar-refractivity contribution in [3.05, 3.63) is 34.9 Å². The van der Waals surface area contributed by atoms with Gasteiger partial charge in [-0.05, 0) is 91.8 Å². The van der Waals surface area contributed by atoms with E-state index < -0.39 is 36.9 Å². The second-order valence-corrected chi connectivity index (χ2v) is 13.7. The molecule has 0 saturated heterocycles. The highest BCUT2D eigenvalue weighted by molar-refractivity contribution is 7.73. The van der Waals surface area contributed by atoms with Gasteiger partial charge in [-0.15, -0.1) is 0 Å². The minimum absolute atomic E-state index is 0.0152. The molecule has 0 radical (unpaired) electrons. The lowest BCUT2D eigenvalue weighted by Crippen LogP contribution is -2.45. The number of benzene rings is 1. The summed E-state index contributed by atoms with van der Waals surface area (Å²) in [5.74, 6) is -0.146. The van der Waals surface area contributed by atoms with Gasteiger partial charge in [-0.3, -0.25) is 4.79 Å². The standard InChI is InChI=1S/C30H46NO7P/c1-9-11-12-13-22-17-25-27(23-16-20(5)14-15-24(23)30(7,8)37-25)26(18-22)38-39(35,29(34)36-10-2)31(19(3)4)21(6)28(32)33/h16-19,21,23-24H,9-15H2,1-8H3,(H,32,33)/t21-,23+,24+,39?/m0/s1. The van der Waals surface area contributed by atoms with E-state index in [-0.39, 0.29) is 18.4 Å². The predicted octanol–water partition coefficient (Wildman–Crippen LogP) is 7.94. The van der Waals surface area contributed by atoms with E-state index in [1.54, 1.807) is 20.8 Å². The number of rotatable bonds is 12. The predicted molar refractivity (Wildman–Crippen MR) is 153 cm³/mol. The molecule has 9 heteroatoms. The smallest absolute Gasteiger partial charge is 0.427 e. The molecule has 218 valence electrons. The first kappa shape index (κ1) is 31.2. The number of hydrogen-bond donors (Lipinski definition) is 1. The molecule has 0 saturated carbocycles. The van der Waals surface area contributed by atoms with Crippen LogP contribution in [0.2, 0.25) is 0 Å². The molecule has 39 heavy (non-hydrogen) atoms. The van der Waals surface area contributed by atoms with Crippen molar-refractivity contribution in [2.75, 3.05) is 6.61 Å². The summed E-state index contributed by atoms with van der Waals surface area (Å²) in [4.78, 5) is 25.4. The number of nitrogens with zero attached hydrogens (tertiary/aromatic N) is 1. The molecule has 1 heterocycles. The SMILES string of the molecule is CCCCCc1cc2c(c(OP(=O)(C(=O)OCC)N(C(C)C)[C@@H](C)C(=O)O)c1)[C@@H]1C=C(C)CC[C@H]1C(C)(C)O2. The maximum atomic E-state index is 14.7. The van der Waals surface area contributed by atoms with Gasteiger partial charge >= 0.3 is 19.2 Å². The normalized spacial score (nSPS) is 22.2. The monoisotopic (exact) mass is 563 g/mol. The molecule has 3 rings (SSSR count). The second-order valence-electron chi connectivity index (χ2n) is 11.7. The molecule has 1 aromatic rings. The number of ether oxygens (including phenoxy) is 2. The van der Waals surface area contributed by atoms with Crippen molar-refractivity contribution in [2.45, 2.75) is 118 Å². The molecule has 0 aromatic heterocycles. The molecule has 1 N–H and O–H groups in total. The quantitative estimate of drug-likeness (QED) is 0.155. The van der Waals surface area contributed by atoms with Crippen LogP contribution >= 0.6 is 7.52 Å². The number of allylic oxidation sites excluding steroid dienone is 2. The number of unbranched alkanes of at least 4 members (excludes halogenated alkanes) is 2. The molecule has 1 aromatic carbocycles. The third-order valence-electron chi connectivity index (χ3n) is 7.89. The van der Waals surface area contributed by atoms with Gasteiger partial charge in [-0.1, -0.05) is 31.4 Å². The Balaban J connectivity index is 2.25. The van der Waals surface area contributed by atoms with Gasteiger partial charge in [0, 0.05) is 23.4 Å².